The Bertz CT molecular complexity index is 786. The third-order valence-electron chi connectivity index (χ3n) is 4.37. The number of halogens is 3. The Labute approximate surface area is 137 Å². The number of aromatic nitrogens is 1. The van der Waals surface area contributed by atoms with Crippen molar-refractivity contribution in [1.82, 2.24) is 4.98 Å². The second-order valence-corrected chi connectivity index (χ2v) is 5.91. The number of nitriles is 1. The van der Waals surface area contributed by atoms with Crippen LogP contribution >= 0.6 is 0 Å². The fourth-order valence-corrected chi connectivity index (χ4v) is 3.11. The van der Waals surface area contributed by atoms with Gasteiger partial charge in [-0.05, 0) is 24.6 Å². The molecule has 1 aliphatic rings. The molecule has 3 N–H and O–H groups in total. The molecule has 1 aromatic carbocycles. The van der Waals surface area contributed by atoms with Crippen LogP contribution in [-0.2, 0) is 0 Å². The van der Waals surface area contributed by atoms with E-state index in [1.54, 1.807) is 12.1 Å². The van der Waals surface area contributed by atoms with Crippen LogP contribution in [0.1, 0.15) is 23.5 Å². The van der Waals surface area contributed by atoms with Crippen molar-refractivity contribution in [3.05, 3.63) is 59.0 Å². The van der Waals surface area contributed by atoms with Crippen LogP contribution in [-0.4, -0.2) is 24.1 Å². The zero-order chi connectivity index (χ0) is 17.3. The predicted molar refractivity (Wildman–Crippen MR) is 81.5 cm³/mol. The number of piperidine rings is 1. The Hall–Kier alpha value is -2.59. The van der Waals surface area contributed by atoms with Gasteiger partial charge in [0.2, 0.25) is 0 Å². The van der Waals surface area contributed by atoms with Gasteiger partial charge in [-0.1, -0.05) is 0 Å². The number of nitrogens with zero attached hydrogens (tertiary/aromatic N) is 3. The minimum Gasteiger partial charge on any atom is -0.353 e. The van der Waals surface area contributed by atoms with Crippen LogP contribution < -0.4 is 10.6 Å². The van der Waals surface area contributed by atoms with Crippen molar-refractivity contribution >= 4 is 5.82 Å². The Balaban J connectivity index is 1.78. The lowest BCUT2D eigenvalue weighted by molar-refractivity contribution is -0.424. The van der Waals surface area contributed by atoms with E-state index in [1.807, 2.05) is 11.0 Å². The largest absolute Gasteiger partial charge is 0.353 e. The second-order valence-electron chi connectivity index (χ2n) is 5.91. The SMILES string of the molecule is N#Cc1ccc(N2CC[C@H](c3cc(F)c(F)cc3F)[C@@H]([NH3+])C2)nc1. The average Bonchev–Trinajstić information content (AvgIpc) is 2.58. The van der Waals surface area contributed by atoms with Crippen LogP contribution in [0, 0.1) is 28.8 Å². The van der Waals surface area contributed by atoms with Gasteiger partial charge >= 0.3 is 0 Å². The van der Waals surface area contributed by atoms with Gasteiger partial charge in [-0.15, -0.1) is 0 Å². The molecule has 0 bridgehead atoms. The molecule has 0 amide bonds. The van der Waals surface area contributed by atoms with Crippen LogP contribution in [0.3, 0.4) is 0 Å². The third kappa shape index (κ3) is 3.05. The molecule has 4 nitrogen and oxygen atoms in total. The minimum absolute atomic E-state index is 0.168. The Morgan fingerprint density at radius 1 is 1.17 bits per heavy atom. The van der Waals surface area contributed by atoms with Gasteiger partial charge in [0.05, 0.1) is 12.1 Å². The molecule has 0 radical (unpaired) electrons. The molecule has 24 heavy (non-hydrogen) atoms. The van der Waals surface area contributed by atoms with Crippen molar-refractivity contribution in [2.75, 3.05) is 18.0 Å². The third-order valence-corrected chi connectivity index (χ3v) is 4.37. The smallest absolute Gasteiger partial charge is 0.161 e. The molecule has 0 aliphatic carbocycles. The topological polar surface area (TPSA) is 67.6 Å². The standard InChI is InChI=1S/C17H15F3N4/c18-13-6-15(20)14(19)5-12(13)11-3-4-24(9-16(11)22)17-2-1-10(7-21)8-23-17/h1-2,5-6,8,11,16H,3-4,9,22H2/p+1/t11-,16+/m1/s1. The number of hydrogen-bond acceptors (Lipinski definition) is 3. The average molecular weight is 333 g/mol. The van der Waals surface area contributed by atoms with E-state index < -0.39 is 17.5 Å². The first-order valence-electron chi connectivity index (χ1n) is 7.58. The molecular formula is C17H16F3N4+. The van der Waals surface area contributed by atoms with Crippen molar-refractivity contribution in [2.24, 2.45) is 0 Å². The highest BCUT2D eigenvalue weighted by Gasteiger charge is 2.33. The quantitative estimate of drug-likeness (QED) is 0.855. The van der Waals surface area contributed by atoms with Gasteiger partial charge in [0.15, 0.2) is 11.6 Å². The van der Waals surface area contributed by atoms with Crippen LogP contribution in [0.5, 0.6) is 0 Å². The van der Waals surface area contributed by atoms with Crippen molar-refractivity contribution < 1.29 is 18.9 Å². The Morgan fingerprint density at radius 3 is 2.54 bits per heavy atom. The second kappa shape index (κ2) is 6.49. The molecule has 1 fully saturated rings. The van der Waals surface area contributed by atoms with Gasteiger partial charge in [-0.2, -0.15) is 5.26 Å². The lowest BCUT2D eigenvalue weighted by Gasteiger charge is -2.35. The predicted octanol–water partition coefficient (Wildman–Crippen LogP) is 1.97. The Morgan fingerprint density at radius 2 is 1.92 bits per heavy atom. The first-order valence-corrected chi connectivity index (χ1v) is 7.58. The molecule has 2 atom stereocenters. The maximum atomic E-state index is 14.0. The summed E-state index contributed by atoms with van der Waals surface area (Å²) in [5.74, 6) is -2.54. The van der Waals surface area contributed by atoms with Crippen LogP contribution in [0.25, 0.3) is 0 Å². The van der Waals surface area contributed by atoms with E-state index >= 15 is 0 Å². The van der Waals surface area contributed by atoms with Crippen molar-refractivity contribution in [3.63, 3.8) is 0 Å². The number of pyridine rings is 1. The van der Waals surface area contributed by atoms with Gasteiger partial charge in [0.1, 0.15) is 23.7 Å². The van der Waals surface area contributed by atoms with E-state index in [2.05, 4.69) is 10.7 Å². The zero-order valence-corrected chi connectivity index (χ0v) is 12.8. The highest BCUT2D eigenvalue weighted by atomic mass is 19.2. The van der Waals surface area contributed by atoms with E-state index in [-0.39, 0.29) is 17.5 Å². The molecule has 3 rings (SSSR count). The maximum Gasteiger partial charge on any atom is 0.161 e. The molecule has 0 unspecified atom stereocenters. The molecule has 1 aliphatic heterocycles. The molecule has 0 spiro atoms. The monoisotopic (exact) mass is 333 g/mol. The highest BCUT2D eigenvalue weighted by molar-refractivity contribution is 5.43. The summed E-state index contributed by atoms with van der Waals surface area (Å²) in [6.07, 6.45) is 2.05. The van der Waals surface area contributed by atoms with Gasteiger partial charge in [-0.3, -0.25) is 0 Å². The number of anilines is 1. The highest BCUT2D eigenvalue weighted by Crippen LogP contribution is 2.31. The molecular weight excluding hydrogens is 317 g/mol. The van der Waals surface area contributed by atoms with E-state index in [0.717, 1.165) is 6.07 Å². The summed E-state index contributed by atoms with van der Waals surface area (Å²) in [4.78, 5) is 6.23. The minimum atomic E-state index is -1.18. The molecule has 0 saturated carbocycles. The summed E-state index contributed by atoms with van der Waals surface area (Å²) < 4.78 is 40.5. The first kappa shape index (κ1) is 16.3. The summed E-state index contributed by atoms with van der Waals surface area (Å²) in [5, 5.41) is 8.80. The van der Waals surface area contributed by atoms with Gasteiger partial charge in [0, 0.05) is 30.3 Å². The molecule has 1 aromatic heterocycles. The summed E-state index contributed by atoms with van der Waals surface area (Å²) >= 11 is 0. The number of rotatable bonds is 2. The number of hydrogen-bond donors (Lipinski definition) is 1. The normalized spacial score (nSPS) is 20.7. The van der Waals surface area contributed by atoms with Crippen molar-refractivity contribution in [3.8, 4) is 6.07 Å². The maximum absolute atomic E-state index is 14.0. The zero-order valence-electron chi connectivity index (χ0n) is 12.8. The molecule has 7 heteroatoms. The van der Waals surface area contributed by atoms with Crippen LogP contribution in [0.15, 0.2) is 30.5 Å². The van der Waals surface area contributed by atoms with Crippen molar-refractivity contribution in [2.45, 2.75) is 18.4 Å². The van der Waals surface area contributed by atoms with Gasteiger partial charge in [0.25, 0.3) is 0 Å². The molecule has 1 saturated heterocycles. The van der Waals surface area contributed by atoms with E-state index in [1.165, 1.54) is 6.20 Å². The fourth-order valence-electron chi connectivity index (χ4n) is 3.11. The summed E-state index contributed by atoms with van der Waals surface area (Å²) in [6.45, 7) is 1.11. The van der Waals surface area contributed by atoms with Crippen LogP contribution in [0.4, 0.5) is 19.0 Å². The van der Waals surface area contributed by atoms with E-state index in [0.29, 0.717) is 37.0 Å². The molecule has 2 aromatic rings. The Kier molecular flexibility index (Phi) is 4.40. The first-order chi connectivity index (χ1) is 11.5. The number of benzene rings is 1. The number of quaternary nitrogens is 1. The van der Waals surface area contributed by atoms with E-state index in [9.17, 15) is 13.2 Å². The van der Waals surface area contributed by atoms with Crippen LogP contribution in [0.2, 0.25) is 0 Å². The van der Waals surface area contributed by atoms with Gasteiger partial charge < -0.3 is 10.6 Å². The summed E-state index contributed by atoms with van der Waals surface area (Å²) in [5.41, 5.74) is 4.70. The van der Waals surface area contributed by atoms with E-state index in [4.69, 9.17) is 5.26 Å². The molecule has 124 valence electrons. The lowest BCUT2D eigenvalue weighted by atomic mass is 9.85. The molecule has 2 heterocycles. The lowest BCUT2D eigenvalue weighted by Crippen LogP contribution is -2.70. The summed E-state index contributed by atoms with van der Waals surface area (Å²) in [6, 6.07) is 6.77. The van der Waals surface area contributed by atoms with Gasteiger partial charge in [-0.25, -0.2) is 18.2 Å². The fraction of sp³-hybridized carbons (Fsp3) is 0.294. The summed E-state index contributed by atoms with van der Waals surface area (Å²) in [7, 11) is 0. The van der Waals surface area contributed by atoms with Crippen molar-refractivity contribution in [1.29, 1.82) is 5.26 Å².